The lowest BCUT2D eigenvalue weighted by Crippen LogP contribution is -2.29. The van der Waals surface area contributed by atoms with Gasteiger partial charge < -0.3 is 10.2 Å². The molecule has 122 valence electrons. The van der Waals surface area contributed by atoms with E-state index in [1.807, 2.05) is 18.2 Å². The SMILES string of the molecule is CN(CCCNC(=O)Cc1ccccc1F)Cc1ccccc1. The average molecular weight is 314 g/mol. The maximum Gasteiger partial charge on any atom is 0.224 e. The lowest BCUT2D eigenvalue weighted by atomic mass is 10.1. The van der Waals surface area contributed by atoms with Crippen LogP contribution in [0.4, 0.5) is 4.39 Å². The molecular formula is C19H23FN2O. The monoisotopic (exact) mass is 314 g/mol. The Morgan fingerprint density at radius 3 is 2.52 bits per heavy atom. The number of amides is 1. The van der Waals surface area contributed by atoms with Crippen molar-refractivity contribution in [3.05, 3.63) is 71.5 Å². The first-order valence-corrected chi connectivity index (χ1v) is 7.88. The molecule has 0 bridgehead atoms. The van der Waals surface area contributed by atoms with Gasteiger partial charge in [0.25, 0.3) is 0 Å². The second kappa shape index (κ2) is 9.06. The number of carbonyl (C=O) groups is 1. The Labute approximate surface area is 137 Å². The molecule has 2 rings (SSSR count). The average Bonchev–Trinajstić information content (AvgIpc) is 2.55. The molecule has 0 heterocycles. The predicted octanol–water partition coefficient (Wildman–Crippen LogP) is 3.01. The van der Waals surface area contributed by atoms with Crippen LogP contribution in [0.1, 0.15) is 17.5 Å². The topological polar surface area (TPSA) is 32.3 Å². The van der Waals surface area contributed by atoms with Crippen molar-refractivity contribution in [1.29, 1.82) is 0 Å². The minimum absolute atomic E-state index is 0.0898. The molecule has 0 aliphatic rings. The molecule has 2 aromatic rings. The van der Waals surface area contributed by atoms with E-state index in [0.717, 1.165) is 19.5 Å². The number of nitrogens with one attached hydrogen (secondary N) is 1. The van der Waals surface area contributed by atoms with E-state index in [0.29, 0.717) is 12.1 Å². The van der Waals surface area contributed by atoms with Gasteiger partial charge in [-0.2, -0.15) is 0 Å². The summed E-state index contributed by atoms with van der Waals surface area (Å²) < 4.78 is 13.5. The molecule has 0 unspecified atom stereocenters. The Kier molecular flexibility index (Phi) is 6.76. The highest BCUT2D eigenvalue weighted by Crippen LogP contribution is 2.07. The van der Waals surface area contributed by atoms with Gasteiger partial charge in [-0.05, 0) is 37.2 Å². The van der Waals surface area contributed by atoms with Gasteiger partial charge in [0.15, 0.2) is 0 Å². The molecule has 0 radical (unpaired) electrons. The van der Waals surface area contributed by atoms with Crippen LogP contribution in [0.25, 0.3) is 0 Å². The quantitative estimate of drug-likeness (QED) is 0.760. The summed E-state index contributed by atoms with van der Waals surface area (Å²) in [5.74, 6) is -0.467. The van der Waals surface area contributed by atoms with Gasteiger partial charge in [0.2, 0.25) is 5.91 Å². The highest BCUT2D eigenvalue weighted by molar-refractivity contribution is 5.78. The summed E-state index contributed by atoms with van der Waals surface area (Å²) >= 11 is 0. The molecule has 0 saturated carbocycles. The first kappa shape index (κ1) is 17.2. The van der Waals surface area contributed by atoms with Gasteiger partial charge in [-0.1, -0.05) is 48.5 Å². The summed E-state index contributed by atoms with van der Waals surface area (Å²) in [5.41, 5.74) is 1.71. The Morgan fingerprint density at radius 2 is 1.78 bits per heavy atom. The molecular weight excluding hydrogens is 291 g/mol. The summed E-state index contributed by atoms with van der Waals surface area (Å²) in [6.07, 6.45) is 0.957. The zero-order chi connectivity index (χ0) is 16.5. The second-order valence-corrected chi connectivity index (χ2v) is 5.70. The minimum Gasteiger partial charge on any atom is -0.356 e. The van der Waals surface area contributed by atoms with E-state index in [4.69, 9.17) is 0 Å². The number of carbonyl (C=O) groups excluding carboxylic acids is 1. The molecule has 0 saturated heterocycles. The van der Waals surface area contributed by atoms with E-state index in [1.54, 1.807) is 18.2 Å². The van der Waals surface area contributed by atoms with Crippen LogP contribution in [0, 0.1) is 5.82 Å². The smallest absolute Gasteiger partial charge is 0.224 e. The summed E-state index contributed by atoms with van der Waals surface area (Å²) in [7, 11) is 2.06. The normalized spacial score (nSPS) is 10.7. The second-order valence-electron chi connectivity index (χ2n) is 5.70. The largest absolute Gasteiger partial charge is 0.356 e. The van der Waals surface area contributed by atoms with E-state index in [-0.39, 0.29) is 18.1 Å². The van der Waals surface area contributed by atoms with Crippen LogP contribution in [0.5, 0.6) is 0 Å². The highest BCUT2D eigenvalue weighted by Gasteiger charge is 2.07. The van der Waals surface area contributed by atoms with E-state index < -0.39 is 0 Å². The molecule has 0 aromatic heterocycles. The van der Waals surface area contributed by atoms with Crippen LogP contribution < -0.4 is 5.32 Å². The van der Waals surface area contributed by atoms with Crippen LogP contribution in [0.2, 0.25) is 0 Å². The van der Waals surface area contributed by atoms with E-state index in [2.05, 4.69) is 29.4 Å². The van der Waals surface area contributed by atoms with Gasteiger partial charge in [-0.25, -0.2) is 4.39 Å². The van der Waals surface area contributed by atoms with Crippen molar-refractivity contribution in [2.45, 2.75) is 19.4 Å². The molecule has 1 amide bonds. The number of nitrogens with zero attached hydrogens (tertiary/aromatic N) is 1. The third-order valence-corrected chi connectivity index (χ3v) is 3.64. The van der Waals surface area contributed by atoms with Crippen LogP contribution in [0.15, 0.2) is 54.6 Å². The van der Waals surface area contributed by atoms with Crippen LogP contribution in [0.3, 0.4) is 0 Å². The fraction of sp³-hybridized carbons (Fsp3) is 0.316. The van der Waals surface area contributed by atoms with E-state index in [1.165, 1.54) is 11.6 Å². The van der Waals surface area contributed by atoms with Crippen molar-refractivity contribution in [3.63, 3.8) is 0 Å². The molecule has 0 spiro atoms. The first-order chi connectivity index (χ1) is 11.1. The van der Waals surface area contributed by atoms with Gasteiger partial charge >= 0.3 is 0 Å². The lowest BCUT2D eigenvalue weighted by molar-refractivity contribution is -0.120. The molecule has 0 aliphatic heterocycles. The van der Waals surface area contributed by atoms with Crippen molar-refractivity contribution >= 4 is 5.91 Å². The molecule has 4 heteroatoms. The molecule has 0 aliphatic carbocycles. The van der Waals surface area contributed by atoms with E-state index in [9.17, 15) is 9.18 Å². The van der Waals surface area contributed by atoms with Crippen LogP contribution >= 0.6 is 0 Å². The Balaban J connectivity index is 1.63. The van der Waals surface area contributed by atoms with Crippen molar-refractivity contribution < 1.29 is 9.18 Å². The minimum atomic E-state index is -0.328. The van der Waals surface area contributed by atoms with Gasteiger partial charge in [0.05, 0.1) is 6.42 Å². The van der Waals surface area contributed by atoms with Crippen molar-refractivity contribution in [2.24, 2.45) is 0 Å². The highest BCUT2D eigenvalue weighted by atomic mass is 19.1. The fourth-order valence-electron chi connectivity index (χ4n) is 2.43. The first-order valence-electron chi connectivity index (χ1n) is 7.88. The zero-order valence-corrected chi connectivity index (χ0v) is 13.5. The third-order valence-electron chi connectivity index (χ3n) is 3.64. The third kappa shape index (κ3) is 6.20. The van der Waals surface area contributed by atoms with Crippen LogP contribution in [-0.2, 0) is 17.8 Å². The fourth-order valence-corrected chi connectivity index (χ4v) is 2.43. The number of hydrogen-bond acceptors (Lipinski definition) is 2. The number of rotatable bonds is 8. The predicted molar refractivity (Wildman–Crippen MR) is 90.5 cm³/mol. The van der Waals surface area contributed by atoms with Crippen LogP contribution in [-0.4, -0.2) is 30.9 Å². The number of hydrogen-bond donors (Lipinski definition) is 1. The van der Waals surface area contributed by atoms with Gasteiger partial charge in [-0.15, -0.1) is 0 Å². The maximum absolute atomic E-state index is 13.5. The summed E-state index contributed by atoms with van der Waals surface area (Å²) in [6.45, 7) is 2.39. The number of benzene rings is 2. The summed E-state index contributed by atoms with van der Waals surface area (Å²) in [6, 6.07) is 16.7. The van der Waals surface area contributed by atoms with Crippen molar-refractivity contribution in [3.8, 4) is 0 Å². The molecule has 0 fully saturated rings. The van der Waals surface area contributed by atoms with Crippen molar-refractivity contribution in [1.82, 2.24) is 10.2 Å². The maximum atomic E-state index is 13.5. The number of halogens is 1. The van der Waals surface area contributed by atoms with E-state index >= 15 is 0 Å². The van der Waals surface area contributed by atoms with Gasteiger partial charge in [0.1, 0.15) is 5.82 Å². The summed E-state index contributed by atoms with van der Waals surface area (Å²) in [5, 5.41) is 2.85. The Hall–Kier alpha value is -2.20. The molecule has 2 aromatic carbocycles. The zero-order valence-electron chi connectivity index (χ0n) is 13.5. The molecule has 0 atom stereocenters. The van der Waals surface area contributed by atoms with Crippen molar-refractivity contribution in [2.75, 3.05) is 20.1 Å². The van der Waals surface area contributed by atoms with Gasteiger partial charge in [0, 0.05) is 13.1 Å². The Bertz CT molecular complexity index is 616. The standard InChI is InChI=1S/C19H23FN2O/c1-22(15-16-8-3-2-4-9-16)13-7-12-21-19(23)14-17-10-5-6-11-18(17)20/h2-6,8-11H,7,12-15H2,1H3,(H,21,23). The van der Waals surface area contributed by atoms with Gasteiger partial charge in [-0.3, -0.25) is 4.79 Å². The molecule has 1 N–H and O–H groups in total. The summed E-state index contributed by atoms with van der Waals surface area (Å²) in [4.78, 5) is 14.0. The molecule has 23 heavy (non-hydrogen) atoms. The lowest BCUT2D eigenvalue weighted by Gasteiger charge is -2.16. The molecule has 3 nitrogen and oxygen atoms in total. The Morgan fingerprint density at radius 1 is 1.09 bits per heavy atom.